The molecule has 1 N–H and O–H groups in total. The lowest BCUT2D eigenvalue weighted by atomic mass is 10.2. The van der Waals surface area contributed by atoms with E-state index in [9.17, 15) is 5.11 Å². The van der Waals surface area contributed by atoms with Crippen LogP contribution in [-0.4, -0.2) is 23.8 Å². The van der Waals surface area contributed by atoms with Crippen molar-refractivity contribution >= 4 is 5.69 Å². The highest BCUT2D eigenvalue weighted by Crippen LogP contribution is 2.22. The summed E-state index contributed by atoms with van der Waals surface area (Å²) in [5.74, 6) is 0. The molecule has 0 aliphatic heterocycles. The molecule has 1 aromatic carbocycles. The average Bonchev–Trinajstić information content (AvgIpc) is 2.64. The predicted molar refractivity (Wildman–Crippen MR) is 75.5 cm³/mol. The average molecular weight is 244 g/mol. The maximum atomic E-state index is 9.30. The number of aliphatic hydroxyl groups excluding tert-OH is 1. The van der Waals surface area contributed by atoms with Crippen molar-refractivity contribution in [3.8, 4) is 5.69 Å². The lowest BCUT2D eigenvalue weighted by molar-refractivity contribution is 0.281. The Morgan fingerprint density at radius 1 is 1.11 bits per heavy atom. The Hall–Kier alpha value is -1.74. The van der Waals surface area contributed by atoms with Gasteiger partial charge in [0.15, 0.2) is 0 Å². The monoisotopic (exact) mass is 244 g/mol. The number of aliphatic hydroxyl groups is 1. The smallest absolute Gasteiger partial charge is 0.0699 e. The third kappa shape index (κ3) is 2.14. The topological polar surface area (TPSA) is 28.4 Å². The van der Waals surface area contributed by atoms with Gasteiger partial charge in [0, 0.05) is 36.9 Å². The van der Waals surface area contributed by atoms with Crippen molar-refractivity contribution in [2.75, 3.05) is 19.0 Å². The van der Waals surface area contributed by atoms with E-state index in [1.165, 1.54) is 5.69 Å². The highest BCUT2D eigenvalue weighted by molar-refractivity contribution is 5.51. The van der Waals surface area contributed by atoms with Crippen LogP contribution in [0, 0.1) is 13.8 Å². The van der Waals surface area contributed by atoms with Crippen molar-refractivity contribution in [2.24, 2.45) is 0 Å². The first-order valence-corrected chi connectivity index (χ1v) is 6.11. The lowest BCUT2D eigenvalue weighted by Gasteiger charge is -2.14. The number of hydrogen-bond donors (Lipinski definition) is 1. The normalized spacial score (nSPS) is 10.7. The van der Waals surface area contributed by atoms with E-state index in [1.54, 1.807) is 0 Å². The molecule has 0 atom stereocenters. The third-order valence-electron chi connectivity index (χ3n) is 3.33. The van der Waals surface area contributed by atoms with Crippen molar-refractivity contribution in [3.63, 3.8) is 0 Å². The van der Waals surface area contributed by atoms with Gasteiger partial charge in [-0.25, -0.2) is 0 Å². The molecular weight excluding hydrogens is 224 g/mol. The molecule has 0 radical (unpaired) electrons. The molecule has 1 heterocycles. The second-order valence-corrected chi connectivity index (χ2v) is 4.80. The molecule has 3 heteroatoms. The zero-order chi connectivity index (χ0) is 13.3. The highest BCUT2D eigenvalue weighted by atomic mass is 16.3. The Bertz CT molecular complexity index is 538. The molecule has 0 aliphatic rings. The van der Waals surface area contributed by atoms with Crippen molar-refractivity contribution in [1.82, 2.24) is 4.57 Å². The van der Waals surface area contributed by atoms with E-state index in [1.807, 2.05) is 27.1 Å². The molecule has 0 bridgehead atoms. The first-order valence-electron chi connectivity index (χ1n) is 6.11. The Balaban J connectivity index is 2.45. The molecular formula is C15H20N2O. The van der Waals surface area contributed by atoms with E-state index in [0.717, 1.165) is 22.6 Å². The second kappa shape index (κ2) is 4.86. The van der Waals surface area contributed by atoms with Gasteiger partial charge >= 0.3 is 0 Å². The van der Waals surface area contributed by atoms with Crippen LogP contribution in [0.4, 0.5) is 5.69 Å². The van der Waals surface area contributed by atoms with E-state index in [0.29, 0.717) is 0 Å². The Morgan fingerprint density at radius 3 is 2.17 bits per heavy atom. The van der Waals surface area contributed by atoms with Crippen LogP contribution in [-0.2, 0) is 6.61 Å². The number of anilines is 1. The van der Waals surface area contributed by atoms with Crippen molar-refractivity contribution in [3.05, 3.63) is 47.3 Å². The van der Waals surface area contributed by atoms with E-state index in [2.05, 4.69) is 40.7 Å². The summed E-state index contributed by atoms with van der Waals surface area (Å²) in [5, 5.41) is 9.30. The van der Waals surface area contributed by atoms with Gasteiger partial charge < -0.3 is 14.6 Å². The number of aryl methyl sites for hydroxylation is 1. The van der Waals surface area contributed by atoms with Crippen LogP contribution >= 0.6 is 0 Å². The Kier molecular flexibility index (Phi) is 3.43. The molecule has 0 unspecified atom stereocenters. The van der Waals surface area contributed by atoms with E-state index >= 15 is 0 Å². The molecule has 96 valence electrons. The number of rotatable bonds is 3. The van der Waals surface area contributed by atoms with Crippen LogP contribution < -0.4 is 4.90 Å². The quantitative estimate of drug-likeness (QED) is 0.899. The van der Waals surface area contributed by atoms with Gasteiger partial charge in [-0.2, -0.15) is 0 Å². The standard InChI is InChI=1S/C15H20N2O/c1-11-9-13(10-18)12(2)17(11)15-7-5-14(6-8-15)16(3)4/h5-9,18H,10H2,1-4H3. The molecule has 3 nitrogen and oxygen atoms in total. The second-order valence-electron chi connectivity index (χ2n) is 4.80. The SMILES string of the molecule is Cc1cc(CO)c(C)n1-c1ccc(N(C)C)cc1. The van der Waals surface area contributed by atoms with Gasteiger partial charge in [0.2, 0.25) is 0 Å². The minimum atomic E-state index is 0.0927. The molecule has 0 fully saturated rings. The maximum Gasteiger partial charge on any atom is 0.0699 e. The fourth-order valence-corrected chi connectivity index (χ4v) is 2.29. The largest absolute Gasteiger partial charge is 0.392 e. The van der Waals surface area contributed by atoms with Gasteiger partial charge in [0.05, 0.1) is 6.61 Å². The van der Waals surface area contributed by atoms with E-state index in [-0.39, 0.29) is 6.61 Å². The van der Waals surface area contributed by atoms with Gasteiger partial charge in [0.25, 0.3) is 0 Å². The number of benzene rings is 1. The zero-order valence-corrected chi connectivity index (χ0v) is 11.4. The fraction of sp³-hybridized carbons (Fsp3) is 0.333. The summed E-state index contributed by atoms with van der Waals surface area (Å²) in [7, 11) is 4.07. The van der Waals surface area contributed by atoms with Crippen molar-refractivity contribution in [1.29, 1.82) is 0 Å². The number of hydrogen-bond acceptors (Lipinski definition) is 2. The summed E-state index contributed by atoms with van der Waals surface area (Å²) in [6.45, 7) is 4.19. The van der Waals surface area contributed by atoms with Gasteiger partial charge in [0.1, 0.15) is 0 Å². The molecule has 1 aromatic heterocycles. The molecule has 2 rings (SSSR count). The summed E-state index contributed by atoms with van der Waals surface area (Å²) >= 11 is 0. The van der Waals surface area contributed by atoms with Gasteiger partial charge in [-0.1, -0.05) is 0 Å². The van der Waals surface area contributed by atoms with Crippen molar-refractivity contribution in [2.45, 2.75) is 20.5 Å². The maximum absolute atomic E-state index is 9.30. The van der Waals surface area contributed by atoms with Crippen molar-refractivity contribution < 1.29 is 5.11 Å². The molecule has 0 spiro atoms. The van der Waals surface area contributed by atoms with Gasteiger partial charge in [-0.3, -0.25) is 0 Å². The molecule has 0 saturated carbocycles. The summed E-state index contributed by atoms with van der Waals surface area (Å²) in [6.07, 6.45) is 0. The van der Waals surface area contributed by atoms with Gasteiger partial charge in [-0.05, 0) is 49.7 Å². The first kappa shape index (κ1) is 12.7. The molecule has 2 aromatic rings. The summed E-state index contributed by atoms with van der Waals surface area (Å²) < 4.78 is 2.17. The van der Waals surface area contributed by atoms with E-state index < -0.39 is 0 Å². The highest BCUT2D eigenvalue weighted by Gasteiger charge is 2.09. The molecule has 18 heavy (non-hydrogen) atoms. The van der Waals surface area contributed by atoms with Crippen LogP contribution in [0.5, 0.6) is 0 Å². The Morgan fingerprint density at radius 2 is 1.72 bits per heavy atom. The molecule has 0 amide bonds. The number of aromatic nitrogens is 1. The number of nitrogens with zero attached hydrogens (tertiary/aromatic N) is 2. The van der Waals surface area contributed by atoms with E-state index in [4.69, 9.17) is 0 Å². The zero-order valence-electron chi connectivity index (χ0n) is 11.4. The molecule has 0 saturated heterocycles. The minimum Gasteiger partial charge on any atom is -0.392 e. The summed E-state index contributed by atoms with van der Waals surface area (Å²) in [5.41, 5.74) is 5.56. The van der Waals surface area contributed by atoms with Gasteiger partial charge in [-0.15, -0.1) is 0 Å². The summed E-state index contributed by atoms with van der Waals surface area (Å²) in [6, 6.07) is 10.5. The fourth-order valence-electron chi connectivity index (χ4n) is 2.29. The third-order valence-corrected chi connectivity index (χ3v) is 3.33. The van der Waals surface area contributed by atoms with Crippen LogP contribution in [0.2, 0.25) is 0 Å². The first-order chi connectivity index (χ1) is 8.54. The van der Waals surface area contributed by atoms with Crippen LogP contribution in [0.3, 0.4) is 0 Å². The lowest BCUT2D eigenvalue weighted by Crippen LogP contribution is -2.08. The Labute approximate surface area is 108 Å². The van der Waals surface area contributed by atoms with Crippen LogP contribution in [0.1, 0.15) is 17.0 Å². The van der Waals surface area contributed by atoms with Crippen LogP contribution in [0.15, 0.2) is 30.3 Å². The van der Waals surface area contributed by atoms with Crippen LogP contribution in [0.25, 0.3) is 5.69 Å². The summed E-state index contributed by atoms with van der Waals surface area (Å²) in [4.78, 5) is 2.08. The predicted octanol–water partition coefficient (Wildman–Crippen LogP) is 2.65. The molecule has 0 aliphatic carbocycles. The minimum absolute atomic E-state index is 0.0927.